The van der Waals surface area contributed by atoms with Crippen LogP contribution in [0.2, 0.25) is 0 Å². The van der Waals surface area contributed by atoms with E-state index in [1.54, 1.807) is 12.1 Å². The molecular formula is C11H10O5. The molecule has 0 fully saturated rings. The highest BCUT2D eigenvalue weighted by molar-refractivity contribution is 6.17. The van der Waals surface area contributed by atoms with Crippen LogP contribution in [0.1, 0.15) is 18.3 Å². The molecule has 1 atom stereocenters. The summed E-state index contributed by atoms with van der Waals surface area (Å²) in [6.07, 6.45) is 2.25. The van der Waals surface area contributed by atoms with Crippen molar-refractivity contribution in [3.8, 4) is 0 Å². The number of rotatable bonds is 2. The average Bonchev–Trinajstić information content (AvgIpc) is 2.81. The third-order valence-corrected chi connectivity index (χ3v) is 2.29. The number of hydrogen-bond donors (Lipinski definition) is 0. The lowest BCUT2D eigenvalue weighted by Crippen LogP contribution is -2.22. The molecule has 1 unspecified atom stereocenters. The van der Waals surface area contributed by atoms with Crippen molar-refractivity contribution in [3.63, 3.8) is 0 Å². The van der Waals surface area contributed by atoms with Crippen molar-refractivity contribution in [2.24, 2.45) is 0 Å². The van der Waals surface area contributed by atoms with Gasteiger partial charge in [-0.25, -0.2) is 4.79 Å². The van der Waals surface area contributed by atoms with Crippen molar-refractivity contribution < 1.29 is 23.5 Å². The van der Waals surface area contributed by atoms with Gasteiger partial charge in [0.25, 0.3) is 0 Å². The van der Waals surface area contributed by atoms with Gasteiger partial charge < -0.3 is 13.9 Å². The summed E-state index contributed by atoms with van der Waals surface area (Å²) in [5.41, 5.74) is -0.0645. The van der Waals surface area contributed by atoms with Crippen LogP contribution in [0, 0.1) is 0 Å². The predicted octanol–water partition coefficient (Wildman–Crippen LogP) is 1.37. The van der Waals surface area contributed by atoms with Crippen LogP contribution in [-0.2, 0) is 19.1 Å². The number of methoxy groups -OCH3 is 1. The maximum atomic E-state index is 11.6. The molecular weight excluding hydrogens is 212 g/mol. The highest BCUT2D eigenvalue weighted by atomic mass is 16.5. The Morgan fingerprint density at radius 3 is 2.94 bits per heavy atom. The molecule has 0 bridgehead atoms. The zero-order valence-electron chi connectivity index (χ0n) is 8.64. The first-order valence-electron chi connectivity index (χ1n) is 4.73. The number of Topliss-reactive ketones (excluding diaryl/α,β-unsaturated/α-hetero) is 1. The molecule has 0 amide bonds. The summed E-state index contributed by atoms with van der Waals surface area (Å²) in [7, 11) is 1.22. The van der Waals surface area contributed by atoms with E-state index in [1.165, 1.54) is 13.4 Å². The van der Waals surface area contributed by atoms with Gasteiger partial charge in [-0.3, -0.25) is 4.79 Å². The Bertz CT molecular complexity index is 429. The molecule has 16 heavy (non-hydrogen) atoms. The van der Waals surface area contributed by atoms with Crippen LogP contribution in [0.5, 0.6) is 0 Å². The molecule has 1 aliphatic rings. The Labute approximate surface area is 91.6 Å². The first-order valence-corrected chi connectivity index (χ1v) is 4.73. The summed E-state index contributed by atoms with van der Waals surface area (Å²) < 4.78 is 14.8. The number of ether oxygens (including phenoxy) is 2. The minimum atomic E-state index is -0.678. The summed E-state index contributed by atoms with van der Waals surface area (Å²) in [5, 5.41) is 0. The van der Waals surface area contributed by atoms with E-state index in [2.05, 4.69) is 4.74 Å². The second kappa shape index (κ2) is 4.22. The number of carbonyl (C=O) groups excluding carboxylic acids is 2. The highest BCUT2D eigenvalue weighted by Gasteiger charge is 2.30. The van der Waals surface area contributed by atoms with Gasteiger partial charge in [0, 0.05) is 0 Å². The Kier molecular flexibility index (Phi) is 2.76. The summed E-state index contributed by atoms with van der Waals surface area (Å²) in [6.45, 7) is 0. The van der Waals surface area contributed by atoms with Crippen molar-refractivity contribution in [1.29, 1.82) is 0 Å². The maximum absolute atomic E-state index is 11.6. The minimum absolute atomic E-state index is 0.0645. The van der Waals surface area contributed by atoms with Gasteiger partial charge in [-0.2, -0.15) is 0 Å². The first kappa shape index (κ1) is 10.5. The van der Waals surface area contributed by atoms with E-state index in [9.17, 15) is 9.59 Å². The molecule has 84 valence electrons. The summed E-state index contributed by atoms with van der Waals surface area (Å²) >= 11 is 0. The fraction of sp³-hybridized carbons (Fsp3) is 0.273. The summed E-state index contributed by atoms with van der Waals surface area (Å²) in [6, 6.07) is 3.43. The van der Waals surface area contributed by atoms with Crippen LogP contribution in [0.25, 0.3) is 0 Å². The first-order chi connectivity index (χ1) is 7.72. The molecule has 0 saturated heterocycles. The Balaban J connectivity index is 2.15. The molecule has 0 spiro atoms. The van der Waals surface area contributed by atoms with Crippen molar-refractivity contribution in [2.45, 2.75) is 12.5 Å². The van der Waals surface area contributed by atoms with Gasteiger partial charge in [-0.1, -0.05) is 0 Å². The average molecular weight is 222 g/mol. The lowest BCUT2D eigenvalue weighted by Gasteiger charge is -2.19. The van der Waals surface area contributed by atoms with E-state index >= 15 is 0 Å². The lowest BCUT2D eigenvalue weighted by molar-refractivity contribution is -0.139. The molecule has 5 heteroatoms. The maximum Gasteiger partial charge on any atom is 0.344 e. The van der Waals surface area contributed by atoms with E-state index < -0.39 is 12.1 Å². The van der Waals surface area contributed by atoms with E-state index in [0.717, 1.165) is 6.26 Å². The van der Waals surface area contributed by atoms with Crippen LogP contribution in [0.3, 0.4) is 0 Å². The molecule has 0 N–H and O–H groups in total. The minimum Gasteiger partial charge on any atom is -0.489 e. The molecule has 0 aromatic carbocycles. The quantitative estimate of drug-likeness (QED) is 0.558. The Morgan fingerprint density at radius 1 is 1.56 bits per heavy atom. The number of ketones is 1. The van der Waals surface area contributed by atoms with Crippen LogP contribution in [-0.4, -0.2) is 18.9 Å². The molecule has 2 rings (SSSR count). The zero-order valence-corrected chi connectivity index (χ0v) is 8.64. The van der Waals surface area contributed by atoms with Gasteiger partial charge in [-0.15, -0.1) is 0 Å². The third-order valence-electron chi connectivity index (χ3n) is 2.29. The van der Waals surface area contributed by atoms with Crippen molar-refractivity contribution in [1.82, 2.24) is 0 Å². The topological polar surface area (TPSA) is 65.7 Å². The number of hydrogen-bond acceptors (Lipinski definition) is 5. The van der Waals surface area contributed by atoms with Gasteiger partial charge in [0.05, 0.1) is 19.8 Å². The molecule has 0 aliphatic carbocycles. The lowest BCUT2D eigenvalue weighted by atomic mass is 10.0. The number of carbonyl (C=O) groups is 2. The highest BCUT2D eigenvalue weighted by Crippen LogP contribution is 2.28. The molecule has 2 heterocycles. The summed E-state index contributed by atoms with van der Waals surface area (Å²) in [5.74, 6) is -0.420. The van der Waals surface area contributed by atoms with E-state index in [1.807, 2.05) is 0 Å². The normalized spacial score (nSPS) is 19.9. The van der Waals surface area contributed by atoms with Crippen LogP contribution in [0.4, 0.5) is 0 Å². The molecule has 1 aromatic heterocycles. The van der Waals surface area contributed by atoms with Gasteiger partial charge >= 0.3 is 5.97 Å². The molecule has 0 saturated carbocycles. The Hall–Kier alpha value is -2.04. The third kappa shape index (κ3) is 1.84. The smallest absolute Gasteiger partial charge is 0.344 e. The molecule has 0 radical (unpaired) electrons. The molecule has 1 aromatic rings. The van der Waals surface area contributed by atoms with E-state index in [4.69, 9.17) is 9.15 Å². The van der Waals surface area contributed by atoms with Crippen LogP contribution < -0.4 is 0 Å². The van der Waals surface area contributed by atoms with E-state index in [-0.39, 0.29) is 17.8 Å². The number of furan rings is 1. The SMILES string of the molecule is COC(=O)C1=COC(c2ccco2)CC1=O. The van der Waals surface area contributed by atoms with Gasteiger partial charge in [0.2, 0.25) is 0 Å². The van der Waals surface area contributed by atoms with Crippen molar-refractivity contribution in [3.05, 3.63) is 36.0 Å². The molecule has 1 aliphatic heterocycles. The number of esters is 1. The summed E-state index contributed by atoms with van der Waals surface area (Å²) in [4.78, 5) is 22.8. The second-order valence-electron chi connectivity index (χ2n) is 3.29. The van der Waals surface area contributed by atoms with Crippen LogP contribution >= 0.6 is 0 Å². The second-order valence-corrected chi connectivity index (χ2v) is 3.29. The largest absolute Gasteiger partial charge is 0.489 e. The predicted molar refractivity (Wildman–Crippen MR) is 52.3 cm³/mol. The van der Waals surface area contributed by atoms with Gasteiger partial charge in [-0.05, 0) is 12.1 Å². The van der Waals surface area contributed by atoms with Crippen molar-refractivity contribution >= 4 is 11.8 Å². The zero-order chi connectivity index (χ0) is 11.5. The monoisotopic (exact) mass is 222 g/mol. The Morgan fingerprint density at radius 2 is 2.38 bits per heavy atom. The fourth-order valence-electron chi connectivity index (χ4n) is 1.46. The van der Waals surface area contributed by atoms with Crippen LogP contribution in [0.15, 0.2) is 34.6 Å². The van der Waals surface area contributed by atoms with Gasteiger partial charge in [0.1, 0.15) is 17.6 Å². The van der Waals surface area contributed by atoms with E-state index in [0.29, 0.717) is 5.76 Å². The van der Waals surface area contributed by atoms with Gasteiger partial charge in [0.15, 0.2) is 11.9 Å². The fourth-order valence-corrected chi connectivity index (χ4v) is 1.46. The standard InChI is InChI=1S/C11H10O5/c1-14-11(13)7-6-16-10(5-8(7)12)9-3-2-4-15-9/h2-4,6,10H,5H2,1H3. The molecule has 5 nitrogen and oxygen atoms in total. The van der Waals surface area contributed by atoms with Crippen molar-refractivity contribution in [2.75, 3.05) is 7.11 Å².